The quantitative estimate of drug-likeness (QED) is 0.584. The minimum atomic E-state index is 0.159. The number of imidazole rings is 1. The Morgan fingerprint density at radius 3 is 2.67 bits per heavy atom. The zero-order chi connectivity index (χ0) is 16.5. The normalized spacial score (nSPS) is 10.9. The van der Waals surface area contributed by atoms with E-state index in [-0.39, 0.29) is 5.95 Å². The molecule has 0 aliphatic rings. The van der Waals surface area contributed by atoms with Gasteiger partial charge in [0, 0.05) is 0 Å². The summed E-state index contributed by atoms with van der Waals surface area (Å²) >= 11 is 0. The van der Waals surface area contributed by atoms with Crippen molar-refractivity contribution in [2.75, 3.05) is 11.1 Å². The molecule has 0 unspecified atom stereocenters. The van der Waals surface area contributed by atoms with Gasteiger partial charge in [0.1, 0.15) is 5.82 Å². The molecule has 1 aromatic carbocycles. The first-order valence-electron chi connectivity index (χ1n) is 7.20. The molecular weight excluding hydrogens is 306 g/mol. The van der Waals surface area contributed by atoms with Crippen molar-refractivity contribution in [2.45, 2.75) is 6.92 Å². The largest absolute Gasteiger partial charge is 0.368 e. The molecule has 4 rings (SSSR count). The lowest BCUT2D eigenvalue weighted by Crippen LogP contribution is -2.10. The van der Waals surface area contributed by atoms with Gasteiger partial charge in [-0.25, -0.2) is 9.55 Å². The molecule has 0 saturated carbocycles. The molecule has 0 fully saturated rings. The molecule has 0 bridgehead atoms. The maximum Gasteiger partial charge on any atom is 0.242 e. The third kappa shape index (κ3) is 2.47. The molecule has 118 valence electrons. The van der Waals surface area contributed by atoms with Crippen molar-refractivity contribution < 1.29 is 0 Å². The van der Waals surface area contributed by atoms with Crippen molar-refractivity contribution in [2.24, 2.45) is 0 Å². The highest BCUT2D eigenvalue weighted by atomic mass is 15.3. The number of rotatable bonds is 3. The molecule has 0 saturated heterocycles. The molecule has 0 atom stereocenters. The van der Waals surface area contributed by atoms with Gasteiger partial charge in [-0.2, -0.15) is 25.1 Å². The van der Waals surface area contributed by atoms with Gasteiger partial charge >= 0.3 is 0 Å². The number of nitrogen functional groups attached to an aromatic ring is 1. The summed E-state index contributed by atoms with van der Waals surface area (Å²) in [6, 6.07) is 9.50. The highest BCUT2D eigenvalue weighted by Gasteiger charge is 2.15. The van der Waals surface area contributed by atoms with Crippen LogP contribution in [0.3, 0.4) is 0 Å². The number of nitrogens with two attached hydrogens (primary N) is 1. The van der Waals surface area contributed by atoms with E-state index < -0.39 is 0 Å². The molecule has 4 aromatic rings. The number of benzene rings is 1. The number of hydrogen-bond donors (Lipinski definition) is 2. The van der Waals surface area contributed by atoms with Crippen molar-refractivity contribution in [1.29, 1.82) is 0 Å². The third-order valence-corrected chi connectivity index (χ3v) is 3.35. The smallest absolute Gasteiger partial charge is 0.242 e. The van der Waals surface area contributed by atoms with Gasteiger partial charge in [0.2, 0.25) is 17.8 Å². The number of anilines is 3. The van der Waals surface area contributed by atoms with Crippen molar-refractivity contribution in [3.8, 4) is 5.95 Å². The van der Waals surface area contributed by atoms with E-state index >= 15 is 0 Å². The van der Waals surface area contributed by atoms with E-state index in [1.165, 1.54) is 0 Å². The Kier molecular flexibility index (Phi) is 3.23. The zero-order valence-electron chi connectivity index (χ0n) is 12.7. The summed E-state index contributed by atoms with van der Waals surface area (Å²) in [5, 5.41) is 10.8. The summed E-state index contributed by atoms with van der Waals surface area (Å²) in [5.74, 6) is 1.64. The van der Waals surface area contributed by atoms with Gasteiger partial charge in [-0.15, -0.1) is 0 Å². The van der Waals surface area contributed by atoms with E-state index in [4.69, 9.17) is 5.73 Å². The Balaban J connectivity index is 1.93. The Hall–Kier alpha value is -3.62. The fourth-order valence-electron chi connectivity index (χ4n) is 2.39. The highest BCUT2D eigenvalue weighted by Crippen LogP contribution is 2.25. The number of aryl methyl sites for hydroxylation is 1. The van der Waals surface area contributed by atoms with Gasteiger partial charge in [0.15, 0.2) is 0 Å². The maximum absolute atomic E-state index is 5.78. The molecule has 0 spiro atoms. The molecule has 3 aromatic heterocycles. The summed E-state index contributed by atoms with van der Waals surface area (Å²) in [7, 11) is 0. The Morgan fingerprint density at radius 1 is 1.00 bits per heavy atom. The summed E-state index contributed by atoms with van der Waals surface area (Å²) in [5.41, 5.74) is 8.19. The summed E-state index contributed by atoms with van der Waals surface area (Å²) in [6.45, 7) is 1.76. The van der Waals surface area contributed by atoms with E-state index in [1.807, 2.05) is 24.3 Å². The zero-order valence-corrected chi connectivity index (χ0v) is 12.7. The third-order valence-electron chi connectivity index (χ3n) is 3.35. The summed E-state index contributed by atoms with van der Waals surface area (Å²) in [6.07, 6.45) is 3.21. The molecule has 3 heterocycles. The summed E-state index contributed by atoms with van der Waals surface area (Å²) in [4.78, 5) is 17.2. The maximum atomic E-state index is 5.78. The second-order valence-corrected chi connectivity index (χ2v) is 5.06. The van der Waals surface area contributed by atoms with Crippen molar-refractivity contribution in [3.05, 3.63) is 48.5 Å². The molecule has 9 heteroatoms. The number of nitrogens with zero attached hydrogens (tertiary/aromatic N) is 7. The first-order valence-corrected chi connectivity index (χ1v) is 7.20. The predicted octanol–water partition coefficient (Wildman–Crippen LogP) is 1.63. The first kappa shape index (κ1) is 14.0. The minimum absolute atomic E-state index is 0.159. The van der Waals surface area contributed by atoms with Crippen LogP contribution in [0.5, 0.6) is 0 Å². The van der Waals surface area contributed by atoms with E-state index in [0.717, 1.165) is 16.7 Å². The van der Waals surface area contributed by atoms with Crippen LogP contribution in [0.1, 0.15) is 5.82 Å². The predicted molar refractivity (Wildman–Crippen MR) is 88.9 cm³/mol. The van der Waals surface area contributed by atoms with E-state index in [0.29, 0.717) is 17.7 Å². The molecular formula is C15H13N9. The van der Waals surface area contributed by atoms with Crippen LogP contribution >= 0.6 is 0 Å². The number of aromatic nitrogens is 7. The van der Waals surface area contributed by atoms with Crippen LogP contribution in [0.25, 0.3) is 17.0 Å². The van der Waals surface area contributed by atoms with Crippen LogP contribution < -0.4 is 11.1 Å². The van der Waals surface area contributed by atoms with Crippen LogP contribution in [0.2, 0.25) is 0 Å². The van der Waals surface area contributed by atoms with Crippen LogP contribution in [-0.4, -0.2) is 34.7 Å². The summed E-state index contributed by atoms with van der Waals surface area (Å²) < 4.78 is 1.79. The lowest BCUT2D eigenvalue weighted by atomic mass is 10.3. The fourth-order valence-corrected chi connectivity index (χ4v) is 2.39. The van der Waals surface area contributed by atoms with Gasteiger partial charge in [0.25, 0.3) is 0 Å². The molecule has 0 aliphatic carbocycles. The first-order chi connectivity index (χ1) is 11.7. The number of nitrogens with one attached hydrogen (secondary N) is 1. The van der Waals surface area contributed by atoms with Crippen LogP contribution in [0.15, 0.2) is 42.7 Å². The monoisotopic (exact) mass is 319 g/mol. The van der Waals surface area contributed by atoms with Gasteiger partial charge in [-0.1, -0.05) is 12.1 Å². The van der Waals surface area contributed by atoms with Gasteiger partial charge in [-0.05, 0) is 25.1 Å². The van der Waals surface area contributed by atoms with Crippen molar-refractivity contribution >= 4 is 28.6 Å². The topological polar surface area (TPSA) is 120 Å². The highest BCUT2D eigenvalue weighted by molar-refractivity contribution is 5.81. The number of fused-ring (bicyclic) bond motifs is 1. The van der Waals surface area contributed by atoms with Crippen molar-refractivity contribution in [3.63, 3.8) is 0 Å². The molecule has 24 heavy (non-hydrogen) atoms. The van der Waals surface area contributed by atoms with E-state index in [2.05, 4.69) is 35.5 Å². The van der Waals surface area contributed by atoms with Gasteiger partial charge in [-0.3, -0.25) is 0 Å². The van der Waals surface area contributed by atoms with Crippen LogP contribution in [-0.2, 0) is 0 Å². The van der Waals surface area contributed by atoms with Crippen molar-refractivity contribution in [1.82, 2.24) is 34.7 Å². The molecule has 0 radical (unpaired) electrons. The molecule has 9 nitrogen and oxygen atoms in total. The average molecular weight is 319 g/mol. The molecule has 0 aliphatic heterocycles. The Bertz CT molecular complexity index is 990. The number of para-hydroxylation sites is 2. The van der Waals surface area contributed by atoms with Crippen LogP contribution in [0, 0.1) is 6.92 Å². The van der Waals surface area contributed by atoms with Crippen LogP contribution in [0.4, 0.5) is 17.6 Å². The second-order valence-electron chi connectivity index (χ2n) is 5.06. The number of hydrogen-bond acceptors (Lipinski definition) is 8. The molecule has 0 amide bonds. The Labute approximate surface area is 136 Å². The fraction of sp³-hybridized carbons (Fsp3) is 0.0667. The molecule has 3 N–H and O–H groups in total. The van der Waals surface area contributed by atoms with Gasteiger partial charge < -0.3 is 11.1 Å². The Morgan fingerprint density at radius 2 is 1.88 bits per heavy atom. The SMILES string of the molecule is Cc1nc(N)nc(-n2c(Nc3ccnnc3)nc3ccccc32)n1. The lowest BCUT2D eigenvalue weighted by Gasteiger charge is -2.09. The average Bonchev–Trinajstić information content (AvgIpc) is 2.92. The van der Waals surface area contributed by atoms with E-state index in [9.17, 15) is 0 Å². The van der Waals surface area contributed by atoms with E-state index in [1.54, 1.807) is 30.0 Å². The second kappa shape index (κ2) is 5.54. The lowest BCUT2D eigenvalue weighted by molar-refractivity contribution is 0.893. The van der Waals surface area contributed by atoms with Gasteiger partial charge in [0.05, 0.1) is 29.1 Å². The standard InChI is InChI=1S/C15H13N9/c1-9-19-13(16)23-14(20-9)24-12-5-3-2-4-11(12)22-15(24)21-10-6-7-17-18-8-10/h2-8H,1H3,(H,17,21,22)(H2,16,19,20,23). The minimum Gasteiger partial charge on any atom is -0.368 e.